The second-order valence-electron chi connectivity index (χ2n) is 7.14. The van der Waals surface area contributed by atoms with E-state index < -0.39 is 38.8 Å². The number of aryl methyl sites for hydroxylation is 1. The standard InChI is InChI=1S/C22H19F3N2O4S/c1-15-11-12-19(20(28)26(32(2,30)31)14-16-7-4-3-5-8-16)21(29)27(15)18-10-6-9-17(13-18)22(23,24)25/h3-13H,14H2,1-2H3. The maximum absolute atomic E-state index is 13.1. The molecule has 0 aliphatic heterocycles. The van der Waals surface area contributed by atoms with Gasteiger partial charge >= 0.3 is 6.18 Å². The monoisotopic (exact) mass is 464 g/mol. The number of aromatic nitrogens is 1. The number of nitrogens with zero attached hydrogens (tertiary/aromatic N) is 2. The minimum Gasteiger partial charge on any atom is -0.281 e. The van der Waals surface area contributed by atoms with Gasteiger partial charge in [-0.3, -0.25) is 14.2 Å². The van der Waals surface area contributed by atoms with E-state index in [9.17, 15) is 31.2 Å². The van der Waals surface area contributed by atoms with Crippen LogP contribution in [0.25, 0.3) is 5.69 Å². The summed E-state index contributed by atoms with van der Waals surface area (Å²) in [5.41, 5.74) is -1.65. The van der Waals surface area contributed by atoms with E-state index in [0.29, 0.717) is 9.87 Å². The number of benzene rings is 2. The molecule has 10 heteroatoms. The predicted octanol–water partition coefficient (Wildman–Crippen LogP) is 3.77. The lowest BCUT2D eigenvalue weighted by atomic mass is 10.1. The highest BCUT2D eigenvalue weighted by atomic mass is 32.2. The lowest BCUT2D eigenvalue weighted by Crippen LogP contribution is -2.39. The number of pyridine rings is 1. The summed E-state index contributed by atoms with van der Waals surface area (Å²) < 4.78 is 65.5. The Labute approximate surface area is 182 Å². The molecule has 0 bridgehead atoms. The third-order valence-electron chi connectivity index (χ3n) is 4.74. The summed E-state index contributed by atoms with van der Waals surface area (Å²) in [5, 5.41) is 0. The Bertz CT molecular complexity index is 1320. The Balaban J connectivity index is 2.11. The zero-order valence-corrected chi connectivity index (χ0v) is 17.9. The van der Waals surface area contributed by atoms with Crippen LogP contribution in [0.4, 0.5) is 13.2 Å². The van der Waals surface area contributed by atoms with Gasteiger partial charge in [0.25, 0.3) is 11.5 Å². The molecule has 1 aromatic heterocycles. The van der Waals surface area contributed by atoms with E-state index in [1.54, 1.807) is 30.3 Å². The van der Waals surface area contributed by atoms with E-state index in [-0.39, 0.29) is 17.9 Å². The number of carbonyl (C=O) groups excluding carboxylic acids is 1. The van der Waals surface area contributed by atoms with Gasteiger partial charge in [-0.25, -0.2) is 12.7 Å². The molecule has 0 aliphatic rings. The SMILES string of the molecule is Cc1ccc(C(=O)N(Cc2ccccc2)S(C)(=O)=O)c(=O)n1-c1cccc(C(F)(F)F)c1. The fourth-order valence-electron chi connectivity index (χ4n) is 3.16. The van der Waals surface area contributed by atoms with E-state index in [0.717, 1.165) is 29.0 Å². The van der Waals surface area contributed by atoms with Gasteiger partial charge in [0.1, 0.15) is 5.56 Å². The van der Waals surface area contributed by atoms with Crippen LogP contribution in [-0.2, 0) is 22.7 Å². The van der Waals surface area contributed by atoms with Gasteiger partial charge in [-0.2, -0.15) is 13.2 Å². The van der Waals surface area contributed by atoms with Gasteiger partial charge < -0.3 is 0 Å². The first kappa shape index (κ1) is 23.3. The maximum atomic E-state index is 13.1. The number of alkyl halides is 3. The molecule has 0 radical (unpaired) electrons. The molecule has 6 nitrogen and oxygen atoms in total. The highest BCUT2D eigenvalue weighted by Crippen LogP contribution is 2.30. The number of sulfonamides is 1. The van der Waals surface area contributed by atoms with Gasteiger partial charge in [0, 0.05) is 11.4 Å². The lowest BCUT2D eigenvalue weighted by Gasteiger charge is -2.21. The second kappa shape index (κ2) is 8.62. The molecule has 1 heterocycles. The molecule has 2 aromatic carbocycles. The summed E-state index contributed by atoms with van der Waals surface area (Å²) in [7, 11) is -4.05. The quantitative estimate of drug-likeness (QED) is 0.576. The molecule has 0 saturated carbocycles. The molecule has 168 valence electrons. The molecule has 0 unspecified atom stereocenters. The maximum Gasteiger partial charge on any atom is 0.416 e. The van der Waals surface area contributed by atoms with Crippen molar-refractivity contribution in [3.8, 4) is 5.69 Å². The van der Waals surface area contributed by atoms with Gasteiger partial charge in [-0.1, -0.05) is 36.4 Å². The zero-order valence-electron chi connectivity index (χ0n) is 17.1. The molecular weight excluding hydrogens is 445 g/mol. The Morgan fingerprint density at radius 1 is 1.00 bits per heavy atom. The largest absolute Gasteiger partial charge is 0.416 e. The molecule has 32 heavy (non-hydrogen) atoms. The first-order valence-corrected chi connectivity index (χ1v) is 11.2. The molecule has 0 N–H and O–H groups in total. The van der Waals surface area contributed by atoms with Gasteiger partial charge in [0.15, 0.2) is 0 Å². The molecule has 3 aromatic rings. The van der Waals surface area contributed by atoms with Crippen molar-refractivity contribution in [2.24, 2.45) is 0 Å². The summed E-state index contributed by atoms with van der Waals surface area (Å²) in [6.45, 7) is 1.20. The van der Waals surface area contributed by atoms with Crippen molar-refractivity contribution in [3.05, 3.63) is 99.5 Å². The van der Waals surface area contributed by atoms with E-state index >= 15 is 0 Å². The van der Waals surface area contributed by atoms with E-state index in [4.69, 9.17) is 0 Å². The second-order valence-corrected chi connectivity index (χ2v) is 9.04. The molecule has 0 fully saturated rings. The molecule has 0 saturated heterocycles. The first-order chi connectivity index (χ1) is 14.9. The van der Waals surface area contributed by atoms with Crippen LogP contribution < -0.4 is 5.56 Å². The van der Waals surface area contributed by atoms with Crippen molar-refractivity contribution in [2.45, 2.75) is 19.6 Å². The first-order valence-electron chi connectivity index (χ1n) is 9.36. The summed E-state index contributed by atoms with van der Waals surface area (Å²) >= 11 is 0. The molecule has 0 atom stereocenters. The lowest BCUT2D eigenvalue weighted by molar-refractivity contribution is -0.137. The number of carbonyl (C=O) groups is 1. The molecule has 3 rings (SSSR count). The summed E-state index contributed by atoms with van der Waals surface area (Å²) in [6.07, 6.45) is -3.78. The Kier molecular flexibility index (Phi) is 6.27. The minimum atomic E-state index is -4.62. The van der Waals surface area contributed by atoms with Crippen LogP contribution in [0.3, 0.4) is 0 Å². The third kappa shape index (κ3) is 4.91. The Hall–Kier alpha value is -3.40. The number of hydrogen-bond donors (Lipinski definition) is 0. The van der Waals surface area contributed by atoms with Crippen LogP contribution in [0.5, 0.6) is 0 Å². The zero-order chi connectivity index (χ0) is 23.7. The van der Waals surface area contributed by atoms with Crippen molar-refractivity contribution in [1.82, 2.24) is 8.87 Å². The average Bonchev–Trinajstić information content (AvgIpc) is 2.71. The molecule has 0 aliphatic carbocycles. The van der Waals surface area contributed by atoms with Crippen LogP contribution in [-0.4, -0.2) is 29.5 Å². The topological polar surface area (TPSA) is 76.5 Å². The van der Waals surface area contributed by atoms with Crippen molar-refractivity contribution in [2.75, 3.05) is 6.26 Å². The minimum absolute atomic E-state index is 0.0917. The number of amides is 1. The van der Waals surface area contributed by atoms with Crippen LogP contribution in [0.1, 0.15) is 27.2 Å². The predicted molar refractivity (Wildman–Crippen MR) is 113 cm³/mol. The highest BCUT2D eigenvalue weighted by Gasteiger charge is 2.31. The molecule has 0 spiro atoms. The third-order valence-corrected chi connectivity index (χ3v) is 5.83. The van der Waals surface area contributed by atoms with Gasteiger partial charge in [0.2, 0.25) is 10.0 Å². The van der Waals surface area contributed by atoms with Crippen molar-refractivity contribution in [1.29, 1.82) is 0 Å². The summed E-state index contributed by atoms with van der Waals surface area (Å²) in [6, 6.07) is 15.0. The van der Waals surface area contributed by atoms with E-state index in [2.05, 4.69) is 0 Å². The average molecular weight is 464 g/mol. The van der Waals surface area contributed by atoms with E-state index in [1.165, 1.54) is 25.1 Å². The number of rotatable bonds is 5. The van der Waals surface area contributed by atoms with Crippen LogP contribution in [0.15, 0.2) is 71.5 Å². The van der Waals surface area contributed by atoms with Crippen LogP contribution >= 0.6 is 0 Å². The fraction of sp³-hybridized carbons (Fsp3) is 0.182. The summed E-state index contributed by atoms with van der Waals surface area (Å²) in [4.78, 5) is 26.2. The smallest absolute Gasteiger partial charge is 0.281 e. The van der Waals surface area contributed by atoms with Crippen LogP contribution in [0.2, 0.25) is 0 Å². The number of hydrogen-bond acceptors (Lipinski definition) is 4. The van der Waals surface area contributed by atoms with Crippen molar-refractivity contribution in [3.63, 3.8) is 0 Å². The Morgan fingerprint density at radius 2 is 1.66 bits per heavy atom. The van der Waals surface area contributed by atoms with Gasteiger partial charge in [-0.05, 0) is 42.8 Å². The normalized spacial score (nSPS) is 11.9. The fourth-order valence-corrected chi connectivity index (χ4v) is 3.94. The van der Waals surface area contributed by atoms with E-state index in [1.807, 2.05) is 0 Å². The molecule has 1 amide bonds. The van der Waals surface area contributed by atoms with Crippen molar-refractivity contribution >= 4 is 15.9 Å². The summed E-state index contributed by atoms with van der Waals surface area (Å²) in [5.74, 6) is -1.07. The Morgan fingerprint density at radius 3 is 2.25 bits per heavy atom. The van der Waals surface area contributed by atoms with Crippen LogP contribution in [0, 0.1) is 6.92 Å². The number of halogens is 3. The van der Waals surface area contributed by atoms with Gasteiger partial charge in [-0.15, -0.1) is 0 Å². The highest BCUT2D eigenvalue weighted by molar-refractivity contribution is 7.88. The van der Waals surface area contributed by atoms with Crippen molar-refractivity contribution < 1.29 is 26.4 Å². The molecular formula is C22H19F3N2O4S. The van der Waals surface area contributed by atoms with Gasteiger partial charge in [0.05, 0.1) is 18.4 Å².